The van der Waals surface area contributed by atoms with E-state index in [1.165, 1.54) is 56.1 Å². The van der Waals surface area contributed by atoms with Gasteiger partial charge >= 0.3 is 5.97 Å². The monoisotopic (exact) mass is 403 g/mol. The molecule has 29 heavy (non-hydrogen) atoms. The zero-order valence-corrected chi connectivity index (χ0v) is 18.6. The summed E-state index contributed by atoms with van der Waals surface area (Å²) in [6.45, 7) is 6.00. The van der Waals surface area contributed by atoms with Crippen LogP contribution in [0.4, 0.5) is 0 Å². The van der Waals surface area contributed by atoms with E-state index in [0.717, 1.165) is 38.8 Å². The van der Waals surface area contributed by atoms with Gasteiger partial charge in [-0.05, 0) is 56.8 Å². The van der Waals surface area contributed by atoms with Crippen LogP contribution in [-0.2, 0) is 9.59 Å². The number of allylic oxidation sites excluding steroid dienone is 2. The second-order valence-corrected chi connectivity index (χ2v) is 9.66. The molecule has 2 bridgehead atoms. The maximum Gasteiger partial charge on any atom is 0.307 e. The number of hydrogen-bond donors (Lipinski definition) is 1. The van der Waals surface area contributed by atoms with Crippen LogP contribution in [0.25, 0.3) is 0 Å². The standard InChI is InChI=1S/C25H41NO3/c1-3-5-7-9-13-26(14-10-8-6-4-2)24(27)22-16-20-18-11-12-19(15-18)21(20)17-23(22)25(28)29/h18-19,22-23H,3-17H2,1-2H3,(H,28,29). The third kappa shape index (κ3) is 5.24. The van der Waals surface area contributed by atoms with E-state index in [4.69, 9.17) is 0 Å². The minimum atomic E-state index is -0.769. The van der Waals surface area contributed by atoms with Gasteiger partial charge in [-0.2, -0.15) is 0 Å². The predicted molar refractivity (Wildman–Crippen MR) is 117 cm³/mol. The van der Waals surface area contributed by atoms with Crippen molar-refractivity contribution in [3.05, 3.63) is 11.1 Å². The Morgan fingerprint density at radius 1 is 0.828 bits per heavy atom. The third-order valence-corrected chi connectivity index (χ3v) is 7.71. The van der Waals surface area contributed by atoms with Crippen LogP contribution in [-0.4, -0.2) is 35.0 Å². The molecule has 0 aromatic heterocycles. The van der Waals surface area contributed by atoms with Crippen LogP contribution in [0.5, 0.6) is 0 Å². The van der Waals surface area contributed by atoms with Crippen molar-refractivity contribution in [3.63, 3.8) is 0 Å². The van der Waals surface area contributed by atoms with Crippen LogP contribution < -0.4 is 0 Å². The number of aliphatic carboxylic acids is 1. The highest BCUT2D eigenvalue weighted by Gasteiger charge is 2.48. The molecule has 1 fully saturated rings. The highest BCUT2D eigenvalue weighted by atomic mass is 16.4. The van der Waals surface area contributed by atoms with Crippen molar-refractivity contribution in [1.29, 1.82) is 0 Å². The first-order chi connectivity index (χ1) is 14.1. The fourth-order valence-corrected chi connectivity index (χ4v) is 6.04. The Labute approximate surface area is 177 Å². The first kappa shape index (κ1) is 22.4. The van der Waals surface area contributed by atoms with Crippen molar-refractivity contribution in [2.24, 2.45) is 23.7 Å². The summed E-state index contributed by atoms with van der Waals surface area (Å²) < 4.78 is 0. The molecule has 0 aromatic rings. The van der Waals surface area contributed by atoms with Crippen molar-refractivity contribution in [1.82, 2.24) is 4.90 Å². The quantitative estimate of drug-likeness (QED) is 0.330. The van der Waals surface area contributed by atoms with E-state index in [1.807, 2.05) is 4.90 Å². The average molecular weight is 404 g/mol. The first-order valence-electron chi connectivity index (χ1n) is 12.3. The average Bonchev–Trinajstić information content (AvgIpc) is 3.33. The molecule has 1 amide bonds. The number of carbonyl (C=O) groups excluding carboxylic acids is 1. The van der Waals surface area contributed by atoms with Gasteiger partial charge in [-0.1, -0.05) is 63.5 Å². The number of carbonyl (C=O) groups is 2. The van der Waals surface area contributed by atoms with Gasteiger partial charge in [0.1, 0.15) is 0 Å². The maximum absolute atomic E-state index is 13.6. The molecule has 3 aliphatic carbocycles. The highest BCUT2D eigenvalue weighted by molar-refractivity contribution is 5.86. The predicted octanol–water partition coefficient (Wildman–Crippen LogP) is 5.81. The van der Waals surface area contributed by atoms with E-state index in [-0.39, 0.29) is 11.8 Å². The van der Waals surface area contributed by atoms with Crippen molar-refractivity contribution in [2.45, 2.75) is 97.3 Å². The Morgan fingerprint density at radius 2 is 1.34 bits per heavy atom. The molecule has 4 atom stereocenters. The molecule has 0 radical (unpaired) electrons. The Balaban J connectivity index is 1.69. The zero-order chi connectivity index (χ0) is 20.8. The number of unbranched alkanes of at least 4 members (excludes halogenated alkanes) is 6. The van der Waals surface area contributed by atoms with E-state index in [9.17, 15) is 14.7 Å². The van der Waals surface area contributed by atoms with Crippen molar-refractivity contribution in [2.75, 3.05) is 13.1 Å². The molecule has 0 aliphatic heterocycles. The van der Waals surface area contributed by atoms with Crippen LogP contribution in [0.2, 0.25) is 0 Å². The highest BCUT2D eigenvalue weighted by Crippen LogP contribution is 2.55. The van der Waals surface area contributed by atoms with Crippen LogP contribution >= 0.6 is 0 Å². The minimum absolute atomic E-state index is 0.125. The summed E-state index contributed by atoms with van der Waals surface area (Å²) in [6, 6.07) is 0. The summed E-state index contributed by atoms with van der Waals surface area (Å²) in [7, 11) is 0. The molecule has 4 unspecified atom stereocenters. The van der Waals surface area contributed by atoms with Gasteiger partial charge in [-0.25, -0.2) is 0 Å². The normalized spacial score (nSPS) is 27.9. The largest absolute Gasteiger partial charge is 0.481 e. The van der Waals surface area contributed by atoms with Crippen molar-refractivity contribution in [3.8, 4) is 0 Å². The molecule has 4 heteroatoms. The van der Waals surface area contributed by atoms with E-state index in [2.05, 4.69) is 13.8 Å². The van der Waals surface area contributed by atoms with E-state index < -0.39 is 11.9 Å². The molecule has 1 saturated carbocycles. The van der Waals surface area contributed by atoms with Gasteiger partial charge in [0.05, 0.1) is 11.8 Å². The number of amides is 1. The van der Waals surface area contributed by atoms with Crippen LogP contribution in [0.3, 0.4) is 0 Å². The lowest BCUT2D eigenvalue weighted by Gasteiger charge is -2.36. The third-order valence-electron chi connectivity index (χ3n) is 7.71. The van der Waals surface area contributed by atoms with E-state index >= 15 is 0 Å². The van der Waals surface area contributed by atoms with Crippen molar-refractivity contribution < 1.29 is 14.7 Å². The summed E-state index contributed by atoms with van der Waals surface area (Å²) in [5.74, 6) is -0.249. The molecule has 164 valence electrons. The van der Waals surface area contributed by atoms with Crippen LogP contribution in [0, 0.1) is 23.7 Å². The second kappa shape index (κ2) is 10.6. The minimum Gasteiger partial charge on any atom is -0.481 e. The topological polar surface area (TPSA) is 57.6 Å². The number of hydrogen-bond acceptors (Lipinski definition) is 2. The number of fused-ring (bicyclic) bond motifs is 4. The second-order valence-electron chi connectivity index (χ2n) is 9.66. The molecule has 4 nitrogen and oxygen atoms in total. The lowest BCUT2D eigenvalue weighted by molar-refractivity contribution is -0.151. The maximum atomic E-state index is 13.6. The van der Waals surface area contributed by atoms with Crippen molar-refractivity contribution >= 4 is 11.9 Å². The molecule has 0 spiro atoms. The Bertz CT molecular complexity index is 599. The molecule has 1 N–H and O–H groups in total. The summed E-state index contributed by atoms with van der Waals surface area (Å²) in [5, 5.41) is 9.93. The molecule has 0 saturated heterocycles. The zero-order valence-electron chi connectivity index (χ0n) is 18.6. The van der Waals surface area contributed by atoms with Gasteiger partial charge in [0.2, 0.25) is 5.91 Å². The summed E-state index contributed by atoms with van der Waals surface area (Å²) in [4.78, 5) is 27.7. The molecule has 0 aromatic carbocycles. The number of nitrogens with zero attached hydrogens (tertiary/aromatic N) is 1. The van der Waals surface area contributed by atoms with Gasteiger partial charge in [-0.3, -0.25) is 9.59 Å². The van der Waals surface area contributed by atoms with Gasteiger partial charge in [0.15, 0.2) is 0 Å². The molecular weight excluding hydrogens is 362 g/mol. The smallest absolute Gasteiger partial charge is 0.307 e. The summed E-state index contributed by atoms with van der Waals surface area (Å²) in [6.07, 6.45) is 14.2. The Kier molecular flexibility index (Phi) is 8.20. The fourth-order valence-electron chi connectivity index (χ4n) is 6.04. The number of rotatable bonds is 12. The Morgan fingerprint density at radius 3 is 1.83 bits per heavy atom. The molecule has 3 rings (SSSR count). The SMILES string of the molecule is CCCCCCN(CCCCCC)C(=O)C1CC2=C(CC1C(=O)O)C1CCC2C1. The first-order valence-corrected chi connectivity index (χ1v) is 12.3. The van der Waals surface area contributed by atoms with E-state index in [1.54, 1.807) is 0 Å². The van der Waals surface area contributed by atoms with Gasteiger partial charge in [0, 0.05) is 13.1 Å². The van der Waals surface area contributed by atoms with Crippen LogP contribution in [0.1, 0.15) is 97.3 Å². The number of carboxylic acids is 1. The molecule has 3 aliphatic rings. The van der Waals surface area contributed by atoms with Crippen LogP contribution in [0.15, 0.2) is 11.1 Å². The lowest BCUT2D eigenvalue weighted by Crippen LogP contribution is -2.44. The molecule has 0 heterocycles. The van der Waals surface area contributed by atoms with Gasteiger partial charge < -0.3 is 10.0 Å². The summed E-state index contributed by atoms with van der Waals surface area (Å²) >= 11 is 0. The molecular formula is C25H41NO3. The lowest BCUT2D eigenvalue weighted by atomic mass is 9.71. The number of carboxylic acid groups (broad SMARTS) is 1. The summed E-state index contributed by atoms with van der Waals surface area (Å²) in [5.41, 5.74) is 2.91. The fraction of sp³-hybridized carbons (Fsp3) is 0.840. The van der Waals surface area contributed by atoms with Gasteiger partial charge in [0.25, 0.3) is 0 Å². The van der Waals surface area contributed by atoms with E-state index in [0.29, 0.717) is 24.7 Å². The van der Waals surface area contributed by atoms with Gasteiger partial charge in [-0.15, -0.1) is 0 Å². The Hall–Kier alpha value is -1.32.